The van der Waals surface area contributed by atoms with E-state index in [2.05, 4.69) is 15.3 Å². The van der Waals surface area contributed by atoms with E-state index >= 15 is 0 Å². The Labute approximate surface area is 154 Å². The van der Waals surface area contributed by atoms with Gasteiger partial charge in [-0.05, 0) is 54.1 Å². The van der Waals surface area contributed by atoms with Crippen LogP contribution in [0.25, 0.3) is 10.9 Å². The second-order valence-electron chi connectivity index (χ2n) is 5.92. The van der Waals surface area contributed by atoms with Gasteiger partial charge in [0, 0.05) is 5.69 Å². The highest BCUT2D eigenvalue weighted by molar-refractivity contribution is 5.91. The minimum absolute atomic E-state index is 0.270. The van der Waals surface area contributed by atoms with Crippen LogP contribution in [-0.4, -0.2) is 9.97 Å². The zero-order chi connectivity index (χ0) is 18.6. The summed E-state index contributed by atoms with van der Waals surface area (Å²) in [5.74, 6) is 0.362. The molecule has 0 spiro atoms. The van der Waals surface area contributed by atoms with Crippen LogP contribution in [0.4, 0.5) is 20.3 Å². The fourth-order valence-electron chi connectivity index (χ4n) is 2.73. The molecule has 27 heavy (non-hydrogen) atoms. The third kappa shape index (κ3) is 3.84. The van der Waals surface area contributed by atoms with E-state index in [-0.39, 0.29) is 18.2 Å². The van der Waals surface area contributed by atoms with Crippen LogP contribution in [0, 0.1) is 11.6 Å². The van der Waals surface area contributed by atoms with Crippen LogP contribution in [0.3, 0.4) is 0 Å². The van der Waals surface area contributed by atoms with E-state index in [1.807, 2.05) is 0 Å². The van der Waals surface area contributed by atoms with Crippen molar-refractivity contribution in [1.82, 2.24) is 9.97 Å². The second kappa shape index (κ2) is 7.37. The SMILES string of the molecule is Fc1cccc(COc2ccc(Nc3ncnc4cccc(F)c34)cc2)c1. The zero-order valence-corrected chi connectivity index (χ0v) is 14.2. The van der Waals surface area contributed by atoms with Crippen molar-refractivity contribution in [2.75, 3.05) is 5.32 Å². The van der Waals surface area contributed by atoms with Crippen LogP contribution in [0.5, 0.6) is 5.75 Å². The van der Waals surface area contributed by atoms with Crippen molar-refractivity contribution in [2.45, 2.75) is 6.61 Å². The number of nitrogens with one attached hydrogen (secondary N) is 1. The van der Waals surface area contributed by atoms with E-state index < -0.39 is 0 Å². The molecule has 1 aromatic heterocycles. The van der Waals surface area contributed by atoms with Gasteiger partial charge in [-0.3, -0.25) is 0 Å². The summed E-state index contributed by atoms with van der Waals surface area (Å²) < 4.78 is 33.0. The summed E-state index contributed by atoms with van der Waals surface area (Å²) in [7, 11) is 0. The molecule has 0 saturated carbocycles. The molecule has 0 radical (unpaired) electrons. The standard InChI is InChI=1S/C21H15F2N3O/c22-15-4-1-3-14(11-15)12-27-17-9-7-16(8-10-17)26-21-20-18(23)5-2-6-19(20)24-13-25-21/h1-11,13H,12H2,(H,24,25,26). The van der Waals surface area contributed by atoms with Crippen molar-refractivity contribution >= 4 is 22.4 Å². The molecular weight excluding hydrogens is 348 g/mol. The van der Waals surface area contributed by atoms with Gasteiger partial charge in [0.1, 0.15) is 36.1 Å². The fraction of sp³-hybridized carbons (Fsp3) is 0.0476. The van der Waals surface area contributed by atoms with E-state index in [1.165, 1.54) is 24.5 Å². The van der Waals surface area contributed by atoms with Crippen molar-refractivity contribution in [3.8, 4) is 5.75 Å². The van der Waals surface area contributed by atoms with Gasteiger partial charge in [0.15, 0.2) is 0 Å². The highest BCUT2D eigenvalue weighted by Crippen LogP contribution is 2.26. The van der Waals surface area contributed by atoms with E-state index in [4.69, 9.17) is 4.74 Å². The van der Waals surface area contributed by atoms with E-state index in [9.17, 15) is 8.78 Å². The van der Waals surface area contributed by atoms with Gasteiger partial charge < -0.3 is 10.1 Å². The van der Waals surface area contributed by atoms with Gasteiger partial charge >= 0.3 is 0 Å². The van der Waals surface area contributed by atoms with Gasteiger partial charge in [0.25, 0.3) is 0 Å². The molecule has 0 fully saturated rings. The molecule has 0 amide bonds. The quantitative estimate of drug-likeness (QED) is 0.527. The smallest absolute Gasteiger partial charge is 0.144 e. The van der Waals surface area contributed by atoms with Crippen LogP contribution < -0.4 is 10.1 Å². The van der Waals surface area contributed by atoms with E-state index in [0.29, 0.717) is 22.5 Å². The molecule has 6 heteroatoms. The molecule has 0 aliphatic carbocycles. The molecule has 0 atom stereocenters. The molecule has 1 heterocycles. The maximum Gasteiger partial charge on any atom is 0.144 e. The Morgan fingerprint density at radius 3 is 2.52 bits per heavy atom. The number of nitrogens with zero attached hydrogens (tertiary/aromatic N) is 2. The van der Waals surface area contributed by atoms with Crippen molar-refractivity contribution < 1.29 is 13.5 Å². The van der Waals surface area contributed by atoms with Gasteiger partial charge in [-0.1, -0.05) is 18.2 Å². The van der Waals surface area contributed by atoms with Gasteiger partial charge in [0.05, 0.1) is 10.9 Å². The normalized spacial score (nSPS) is 10.7. The van der Waals surface area contributed by atoms with Crippen molar-refractivity contribution in [3.05, 3.63) is 90.3 Å². The van der Waals surface area contributed by atoms with Crippen molar-refractivity contribution in [1.29, 1.82) is 0 Å². The number of hydrogen-bond donors (Lipinski definition) is 1. The number of benzene rings is 3. The Balaban J connectivity index is 1.48. The second-order valence-corrected chi connectivity index (χ2v) is 5.92. The lowest BCUT2D eigenvalue weighted by Crippen LogP contribution is -1.98. The maximum absolute atomic E-state index is 14.1. The average molecular weight is 363 g/mol. The molecule has 0 saturated heterocycles. The minimum Gasteiger partial charge on any atom is -0.489 e. The summed E-state index contributed by atoms with van der Waals surface area (Å²) in [6, 6.07) is 18.1. The summed E-state index contributed by atoms with van der Waals surface area (Å²) >= 11 is 0. The van der Waals surface area contributed by atoms with Crippen LogP contribution in [0.2, 0.25) is 0 Å². The lowest BCUT2D eigenvalue weighted by atomic mass is 10.2. The summed E-state index contributed by atoms with van der Waals surface area (Å²) in [6.07, 6.45) is 1.39. The number of rotatable bonds is 5. The number of aromatic nitrogens is 2. The minimum atomic E-state index is -0.384. The first-order valence-electron chi connectivity index (χ1n) is 8.32. The highest BCUT2D eigenvalue weighted by atomic mass is 19.1. The highest BCUT2D eigenvalue weighted by Gasteiger charge is 2.09. The monoisotopic (exact) mass is 363 g/mol. The summed E-state index contributed by atoms with van der Waals surface area (Å²) in [4.78, 5) is 8.22. The molecule has 0 unspecified atom stereocenters. The zero-order valence-electron chi connectivity index (χ0n) is 14.2. The predicted octanol–water partition coefficient (Wildman–Crippen LogP) is 5.23. The number of ether oxygens (including phenoxy) is 1. The molecule has 134 valence electrons. The average Bonchev–Trinajstić information content (AvgIpc) is 2.68. The van der Waals surface area contributed by atoms with Gasteiger partial charge in [0.2, 0.25) is 0 Å². The third-order valence-corrected chi connectivity index (χ3v) is 4.02. The Kier molecular flexibility index (Phi) is 4.61. The van der Waals surface area contributed by atoms with Gasteiger partial charge in [-0.15, -0.1) is 0 Å². The number of anilines is 2. The largest absolute Gasteiger partial charge is 0.489 e. The Morgan fingerprint density at radius 2 is 1.70 bits per heavy atom. The van der Waals surface area contributed by atoms with E-state index in [1.54, 1.807) is 48.5 Å². The summed E-state index contributed by atoms with van der Waals surface area (Å²) in [6.45, 7) is 0.270. The predicted molar refractivity (Wildman–Crippen MR) is 100.0 cm³/mol. The van der Waals surface area contributed by atoms with Crippen LogP contribution >= 0.6 is 0 Å². The molecule has 3 aromatic carbocycles. The Bertz CT molecular complexity index is 1080. The first kappa shape index (κ1) is 16.9. The first-order valence-corrected chi connectivity index (χ1v) is 8.32. The Hall–Kier alpha value is -3.54. The number of hydrogen-bond acceptors (Lipinski definition) is 4. The topological polar surface area (TPSA) is 47.0 Å². The van der Waals surface area contributed by atoms with Crippen molar-refractivity contribution in [3.63, 3.8) is 0 Å². The van der Waals surface area contributed by atoms with Crippen molar-refractivity contribution in [2.24, 2.45) is 0 Å². The molecular formula is C21H15F2N3O. The lowest BCUT2D eigenvalue weighted by molar-refractivity contribution is 0.305. The van der Waals surface area contributed by atoms with Gasteiger partial charge in [-0.25, -0.2) is 18.7 Å². The number of fused-ring (bicyclic) bond motifs is 1. The van der Waals surface area contributed by atoms with Gasteiger partial charge in [-0.2, -0.15) is 0 Å². The van der Waals surface area contributed by atoms with E-state index in [0.717, 1.165) is 11.3 Å². The van der Waals surface area contributed by atoms with Crippen LogP contribution in [0.1, 0.15) is 5.56 Å². The molecule has 4 aromatic rings. The number of halogens is 2. The molecule has 0 aliphatic heterocycles. The molecule has 0 aliphatic rings. The molecule has 4 rings (SSSR count). The summed E-state index contributed by atoms with van der Waals surface area (Å²) in [5, 5.41) is 3.44. The third-order valence-electron chi connectivity index (χ3n) is 4.02. The molecule has 1 N–H and O–H groups in total. The first-order chi connectivity index (χ1) is 13.2. The maximum atomic E-state index is 14.1. The molecule has 4 nitrogen and oxygen atoms in total. The summed E-state index contributed by atoms with van der Waals surface area (Å²) in [5.41, 5.74) is 2.01. The Morgan fingerprint density at radius 1 is 0.889 bits per heavy atom. The fourth-order valence-corrected chi connectivity index (χ4v) is 2.73. The van der Waals surface area contributed by atoms with Crippen LogP contribution in [-0.2, 0) is 6.61 Å². The lowest BCUT2D eigenvalue weighted by Gasteiger charge is -2.10. The molecule has 0 bridgehead atoms. The van der Waals surface area contributed by atoms with Crippen LogP contribution in [0.15, 0.2) is 73.1 Å².